The number of anilines is 7. The highest BCUT2D eigenvalue weighted by molar-refractivity contribution is 7.99. The first-order chi connectivity index (χ1) is 37.4. The average molecular weight is 1290 g/mol. The van der Waals surface area contributed by atoms with Crippen LogP contribution in [0.3, 0.4) is 0 Å². The predicted octanol–water partition coefficient (Wildman–Crippen LogP) is 4.68. The second-order valence-corrected chi connectivity index (χ2v) is 18.9. The van der Waals surface area contributed by atoms with Crippen LogP contribution in [0.4, 0.5) is 41.6 Å². The van der Waals surface area contributed by atoms with Gasteiger partial charge in [-0.1, -0.05) is 47.0 Å². The molecule has 30 nitrogen and oxygen atoms in total. The smallest absolute Gasteiger partial charge is 0.228 e. The molecule has 0 aliphatic rings. The minimum absolute atomic E-state index is 0.000000000000000444. The van der Waals surface area contributed by atoms with Crippen molar-refractivity contribution in [1.29, 1.82) is 0 Å². The first-order valence-electron chi connectivity index (χ1n) is 21.0. The first kappa shape index (κ1) is 55.1. The molecule has 0 atom stereocenters. The molecule has 16 N–H and O–H groups in total. The van der Waals surface area contributed by atoms with Gasteiger partial charge in [0, 0.05) is 49.2 Å². The van der Waals surface area contributed by atoms with Gasteiger partial charge >= 0.3 is 0 Å². The van der Waals surface area contributed by atoms with Crippen LogP contribution in [-0.4, -0.2) is 154 Å². The van der Waals surface area contributed by atoms with Crippen LogP contribution in [0, 0.1) is 0 Å². The van der Waals surface area contributed by atoms with Crippen molar-refractivity contribution in [3.63, 3.8) is 0 Å². The third-order valence-electron chi connectivity index (χ3n) is 6.02. The second-order valence-electron chi connectivity index (χ2n) is 11.3. The number of hydrogen-bond donors (Lipinski definition) is 9. The van der Waals surface area contributed by atoms with E-state index in [1.54, 1.807) is 0 Å². The summed E-state index contributed by atoms with van der Waals surface area (Å²) >= 11 is 60.8. The van der Waals surface area contributed by atoms with Crippen molar-refractivity contribution in [2.75, 3.05) is 88.5 Å². The van der Waals surface area contributed by atoms with Crippen LogP contribution in [0.2, 0.25) is 59.9 Å². The molecular formula is C29H32Cl10N30S4. The quantitative estimate of drug-likeness (QED) is 0.0348. The Labute approximate surface area is 486 Å². The van der Waals surface area contributed by atoms with E-state index >= 15 is 0 Å². The summed E-state index contributed by atoms with van der Waals surface area (Å²) in [5.74, 6) is 3.56. The van der Waals surface area contributed by atoms with E-state index in [1.165, 1.54) is 47.0 Å². The lowest BCUT2D eigenvalue weighted by molar-refractivity contribution is 0.915. The molecule has 0 aliphatic heterocycles. The fraction of sp³-hybridized carbons (Fsp3) is 0.276. The topological polar surface area (TPSA) is 477 Å². The zero-order valence-corrected chi connectivity index (χ0v) is 46.4. The number of nitrogen functional groups attached to an aromatic ring is 5. The Balaban J connectivity index is 0.000000291. The molecule has 0 fully saturated rings. The number of nitrogens with two attached hydrogens (primary N) is 7. The highest BCUT2D eigenvalue weighted by Gasteiger charge is 2.09. The Kier molecular flexibility index (Phi) is 26.0. The van der Waals surface area contributed by atoms with E-state index in [-0.39, 0.29) is 82.6 Å². The van der Waals surface area contributed by atoms with Gasteiger partial charge in [-0.25, -0.2) is 0 Å². The van der Waals surface area contributed by atoms with E-state index in [2.05, 4.69) is 127 Å². The van der Waals surface area contributed by atoms with Crippen molar-refractivity contribution in [3.05, 3.63) is 52.8 Å². The van der Waals surface area contributed by atoms with Gasteiger partial charge < -0.3 is 50.7 Å². The van der Waals surface area contributed by atoms with E-state index in [0.29, 0.717) is 81.7 Å². The average Bonchev–Trinajstić information content (AvgIpc) is 3.39. The van der Waals surface area contributed by atoms with Crippen molar-refractivity contribution < 1.29 is 7.06 Å². The molecule has 0 spiro atoms. The second kappa shape index (κ2) is 34.5. The number of aromatic nitrogens is 21. The monoisotopic (exact) mass is 1280 g/mol. The van der Waals surface area contributed by atoms with Crippen LogP contribution in [0.5, 0.6) is 0 Å². The molecule has 0 aromatic carbocycles. The van der Waals surface area contributed by atoms with Crippen molar-refractivity contribution in [3.8, 4) is 0 Å². The van der Waals surface area contributed by atoms with E-state index in [4.69, 9.17) is 135 Å². The summed E-state index contributed by atoms with van der Waals surface area (Å²) in [6.45, 7) is 2.02. The molecule has 7 rings (SSSR count). The lowest BCUT2D eigenvalue weighted by atomic mass is 10.7. The van der Waals surface area contributed by atoms with Gasteiger partial charge in [-0.15, -0.1) is 0 Å². The first-order valence-corrected chi connectivity index (χ1v) is 26.2. The maximum atomic E-state index is 7.08. The summed E-state index contributed by atoms with van der Waals surface area (Å²) in [5.41, 5.74) is 20.8. The molecule has 7 aromatic rings. The molecule has 0 bridgehead atoms. The SMILES string of the molecule is Clc1nc(Cl)nc(Cl)n1.[2H]Nc1nc(Cl)nc(Cl)n1.[2H]Nc1nc(Cl)nc(SCCN)n1.[2H]Nc1nc(Cl)nc(SCCN)n1.[2H]Nc1nc(Cl)nc(SCCNc2nc(Cl)nc(NCCSc3nc(Cl)nc(N[2H])n3)n2)n1. The summed E-state index contributed by atoms with van der Waals surface area (Å²) in [5, 5.41) is 7.89. The minimum Gasteiger partial charge on any atom is -0.368 e. The van der Waals surface area contributed by atoms with E-state index in [0.717, 1.165) is 0 Å². The molecule has 7 heterocycles. The number of nitrogens with zero attached hydrogens (tertiary/aromatic N) is 21. The Morgan fingerprint density at radius 3 is 0.808 bits per heavy atom. The molecule has 0 aliphatic carbocycles. The highest BCUT2D eigenvalue weighted by Crippen LogP contribution is 2.19. The maximum Gasteiger partial charge on any atom is 0.228 e. The molecule has 0 saturated carbocycles. The standard InChI is InChI=1S/C13H14Cl3N13S2.2C5H8ClN5S.C3Cl3N3.C3H2Cl2N4/c14-5-21-8(17)27-12(25-5)30-3-1-19-10-23-7(16)24-11(29-10)20-2-4-31-13-26-6(15)22-9(18)28-13;2*6-3-9-4(8)11-5(10-3)12-2-1-7;2*4-1-7-2(5)9-3(6)8-1/h1-4H2,(H2,17,21,25,27)(H2,18,22,26,28)(H2,19,20,23,24,29);2*1-2,7H2,(H2,8,9,10,11);;(H2,6,7,8,9)/i/hD5. The van der Waals surface area contributed by atoms with Gasteiger partial charge in [0.2, 0.25) is 94.5 Å². The van der Waals surface area contributed by atoms with Gasteiger partial charge in [0.1, 0.15) is 0 Å². The van der Waals surface area contributed by atoms with Gasteiger partial charge in [0.15, 0.2) is 27.7 Å². The molecule has 73 heavy (non-hydrogen) atoms. The lowest BCUT2D eigenvalue weighted by Crippen LogP contribution is -2.13. The zero-order valence-electron chi connectivity index (χ0n) is 40.6. The fourth-order valence-electron chi connectivity index (χ4n) is 3.63. The highest BCUT2D eigenvalue weighted by atomic mass is 35.5. The Bertz CT molecular complexity index is 2730. The molecule has 0 saturated heterocycles. The number of halogens is 10. The molecular weight excluding hydrogens is 1250 g/mol. The van der Waals surface area contributed by atoms with Gasteiger partial charge in [-0.2, -0.15) is 105 Å². The number of rotatable bonds is 21. The summed E-state index contributed by atoms with van der Waals surface area (Å²) < 4.78 is 34.4. The van der Waals surface area contributed by atoms with Crippen LogP contribution < -0.4 is 50.7 Å². The van der Waals surface area contributed by atoms with Gasteiger partial charge in [-0.05, 0) is 116 Å². The number of thioether (sulfide) groups is 4. The summed E-state index contributed by atoms with van der Waals surface area (Å²) in [4.78, 5) is 79.5. The van der Waals surface area contributed by atoms with Crippen LogP contribution in [0.1, 0.15) is 0 Å². The van der Waals surface area contributed by atoms with Crippen molar-refractivity contribution in [2.45, 2.75) is 20.6 Å². The Hall–Kier alpha value is -4.11. The molecule has 7 aromatic heterocycles. The van der Waals surface area contributed by atoms with Crippen LogP contribution in [0.25, 0.3) is 0 Å². The van der Waals surface area contributed by atoms with Crippen molar-refractivity contribution in [2.24, 2.45) is 11.5 Å². The summed E-state index contributed by atoms with van der Waals surface area (Å²) in [6.07, 6.45) is 0. The predicted molar refractivity (Wildman–Crippen MR) is 289 cm³/mol. The maximum absolute atomic E-state index is 7.08. The largest absolute Gasteiger partial charge is 0.368 e. The summed E-state index contributed by atoms with van der Waals surface area (Å²) in [7, 11) is 0. The van der Waals surface area contributed by atoms with Crippen LogP contribution >= 0.6 is 163 Å². The Morgan fingerprint density at radius 2 is 0.534 bits per heavy atom. The Morgan fingerprint density at radius 1 is 0.301 bits per heavy atom. The molecule has 0 unspecified atom stereocenters. The molecule has 0 amide bonds. The normalized spacial score (nSPS) is 11.0. The number of hydrogen-bond acceptors (Lipinski definition) is 34. The third kappa shape index (κ3) is 28.4. The summed E-state index contributed by atoms with van der Waals surface area (Å²) in [6, 6.07) is 0. The van der Waals surface area contributed by atoms with Crippen LogP contribution in [-0.2, 0) is 0 Å². The minimum atomic E-state index is -0.0326. The molecule has 392 valence electrons. The van der Waals surface area contributed by atoms with Gasteiger partial charge in [-0.3, -0.25) is 0 Å². The molecule has 44 heteroatoms. The van der Waals surface area contributed by atoms with Gasteiger partial charge in [0.25, 0.3) is 0 Å². The molecule has 0 radical (unpaired) electrons. The van der Waals surface area contributed by atoms with E-state index in [1.807, 2.05) is 17.2 Å². The van der Waals surface area contributed by atoms with Crippen molar-refractivity contribution >= 4 is 205 Å². The van der Waals surface area contributed by atoms with E-state index in [9.17, 15) is 0 Å². The van der Waals surface area contributed by atoms with Crippen molar-refractivity contribution in [1.82, 2.24) is 105 Å². The zero-order chi connectivity index (χ0) is 57.4. The van der Waals surface area contributed by atoms with E-state index < -0.39 is 0 Å². The van der Waals surface area contributed by atoms with Crippen LogP contribution in [0.15, 0.2) is 20.6 Å². The van der Waals surface area contributed by atoms with Gasteiger partial charge in [0.05, 0.1) is 0 Å². The fourth-order valence-corrected chi connectivity index (χ4v) is 8.19. The third-order valence-corrected chi connectivity index (χ3v) is 11.2. The number of nitrogens with one attached hydrogen (secondary N) is 2. The lowest BCUT2D eigenvalue weighted by Gasteiger charge is -2.08.